The van der Waals surface area contributed by atoms with Crippen molar-refractivity contribution in [3.8, 4) is 0 Å². The Morgan fingerprint density at radius 2 is 0.964 bits per heavy atom. The molecule has 0 radical (unpaired) electrons. The molecule has 0 aromatic heterocycles. The molecule has 0 aliphatic carbocycles. The van der Waals surface area contributed by atoms with E-state index < -0.39 is 55.8 Å². The van der Waals surface area contributed by atoms with Gasteiger partial charge >= 0.3 is 130 Å². The van der Waals surface area contributed by atoms with Crippen molar-refractivity contribution in [2.24, 2.45) is 11.5 Å². The number of rotatable bonds is 6. The molecule has 0 rings (SSSR count). The van der Waals surface area contributed by atoms with E-state index in [1.54, 1.807) is 0 Å². The summed E-state index contributed by atoms with van der Waals surface area (Å²) in [6.45, 7) is 4.64. The van der Waals surface area contributed by atoms with Crippen molar-refractivity contribution in [3.63, 3.8) is 0 Å². The van der Waals surface area contributed by atoms with E-state index in [0.717, 1.165) is 0 Å². The monoisotopic (exact) mass is 492 g/mol. The van der Waals surface area contributed by atoms with Gasteiger partial charge in [-0.05, 0) is 6.92 Å². The maximum Gasteiger partial charge on any atom is 1.00 e. The van der Waals surface area contributed by atoms with Crippen LogP contribution in [0.15, 0.2) is 12.3 Å². The van der Waals surface area contributed by atoms with Gasteiger partial charge in [0.1, 0.15) is 23.6 Å². The minimum Gasteiger partial charge on any atom is -1.00 e. The van der Waals surface area contributed by atoms with Crippen LogP contribution in [0.25, 0.3) is 0 Å². The fourth-order valence-electron chi connectivity index (χ4n) is 0.596. The van der Waals surface area contributed by atoms with E-state index in [-0.39, 0.29) is 130 Å². The molecular formula is C9H24N2Na4O11S2. The van der Waals surface area contributed by atoms with Crippen molar-refractivity contribution in [2.45, 2.75) is 19.0 Å². The van der Waals surface area contributed by atoms with Gasteiger partial charge in [-0.2, -0.15) is 16.8 Å². The zero-order valence-corrected chi connectivity index (χ0v) is 26.1. The van der Waals surface area contributed by atoms with Gasteiger partial charge in [-0.3, -0.25) is 18.7 Å². The number of aliphatic hydroxyl groups is 1. The molecule has 19 heteroatoms. The minimum absolute atomic E-state index is 0. The summed E-state index contributed by atoms with van der Waals surface area (Å²) in [5.74, 6) is -4.67. The van der Waals surface area contributed by atoms with Gasteiger partial charge in [0.2, 0.25) is 0 Å². The molecule has 13 nitrogen and oxygen atoms in total. The number of aliphatic carboxylic acids is 2. The van der Waals surface area contributed by atoms with Crippen molar-refractivity contribution < 1.29 is 175 Å². The molecule has 152 valence electrons. The molecule has 0 aromatic carbocycles. The second kappa shape index (κ2) is 23.9. The Morgan fingerprint density at radius 1 is 0.821 bits per heavy atom. The van der Waals surface area contributed by atoms with Gasteiger partial charge in [-0.15, -0.1) is 0 Å². The third kappa shape index (κ3) is 51.1. The van der Waals surface area contributed by atoms with E-state index in [9.17, 15) is 26.4 Å². The third-order valence-corrected chi connectivity index (χ3v) is 2.98. The summed E-state index contributed by atoms with van der Waals surface area (Å²) in [4.78, 5) is 19.8. The Kier molecular flexibility index (Phi) is 40.8. The van der Waals surface area contributed by atoms with E-state index in [0.29, 0.717) is 0 Å². The van der Waals surface area contributed by atoms with Crippen molar-refractivity contribution in [2.75, 3.05) is 11.5 Å². The van der Waals surface area contributed by atoms with E-state index in [1.807, 2.05) is 0 Å². The van der Waals surface area contributed by atoms with Gasteiger partial charge in [-0.25, -0.2) is 0 Å². The first-order valence-corrected chi connectivity index (χ1v) is 8.82. The summed E-state index contributed by atoms with van der Waals surface area (Å²) in [6, 6.07) is -3.12. The number of aliphatic hydroxyl groups excluding tert-OH is 1. The normalized spacial score (nSPS) is 11.3. The Bertz CT molecular complexity index is 606. The first kappa shape index (κ1) is 47.9. The molecule has 9 N–H and O–H groups in total. The molecule has 2 atom stereocenters. The predicted molar refractivity (Wildman–Crippen MR) is 85.9 cm³/mol. The fourth-order valence-corrected chi connectivity index (χ4v) is 1.79. The quantitative estimate of drug-likeness (QED) is 0.103. The van der Waals surface area contributed by atoms with Crippen LogP contribution < -0.4 is 130 Å². The zero-order valence-electron chi connectivity index (χ0n) is 20.4. The Labute approximate surface area is 257 Å². The van der Waals surface area contributed by atoms with Crippen LogP contribution in [0.4, 0.5) is 0 Å². The van der Waals surface area contributed by atoms with Crippen molar-refractivity contribution >= 4 is 32.2 Å². The third-order valence-electron chi connectivity index (χ3n) is 1.41. The number of hydrogen-bond acceptors (Lipinski definition) is 9. The van der Waals surface area contributed by atoms with Gasteiger partial charge in [0, 0.05) is 0 Å². The van der Waals surface area contributed by atoms with Crippen molar-refractivity contribution in [1.82, 2.24) is 0 Å². The molecule has 0 spiro atoms. The molecule has 2 unspecified atom stereocenters. The van der Waals surface area contributed by atoms with Crippen LogP contribution >= 0.6 is 0 Å². The molecule has 0 aliphatic heterocycles. The summed E-state index contributed by atoms with van der Waals surface area (Å²) in [5.41, 5.74) is 9.53. The molecule has 0 saturated carbocycles. The average molecular weight is 492 g/mol. The molecule has 0 aliphatic rings. The van der Waals surface area contributed by atoms with Gasteiger partial charge < -0.3 is 32.5 Å². The molecule has 0 fully saturated rings. The van der Waals surface area contributed by atoms with Gasteiger partial charge in [0.15, 0.2) is 0 Å². The molecule has 0 aromatic rings. The van der Waals surface area contributed by atoms with Gasteiger partial charge in [-0.1, -0.05) is 6.58 Å². The second-order valence-electron chi connectivity index (χ2n) is 4.12. The maximum atomic E-state index is 9.96. The largest absolute Gasteiger partial charge is 1.00 e. The Hall–Kier alpha value is 2.22. The SMILES string of the molecule is C=C(C)O.NC(CS(=O)(=O)O)C(=O)O.NC(CS(=O)(=O)O)C(=O)O.[H-].[H-].[H-].[H-].[Na+].[Na+].[Na+].[Na+]. The van der Waals surface area contributed by atoms with Crippen LogP contribution in [-0.4, -0.2) is 76.8 Å². The molecule has 0 bridgehead atoms. The Balaban J connectivity index is -0.0000000216. The summed E-state index contributed by atoms with van der Waals surface area (Å²) in [6.07, 6.45) is 0. The first-order chi connectivity index (χ1) is 10.4. The smallest absolute Gasteiger partial charge is 1.00 e. The van der Waals surface area contributed by atoms with Crippen LogP contribution in [0.3, 0.4) is 0 Å². The fraction of sp³-hybridized carbons (Fsp3) is 0.556. The van der Waals surface area contributed by atoms with E-state index >= 15 is 0 Å². The number of allylic oxidation sites excluding steroid dienone is 1. The maximum absolute atomic E-state index is 9.96. The van der Waals surface area contributed by atoms with Crippen molar-refractivity contribution in [3.05, 3.63) is 12.3 Å². The molecule has 28 heavy (non-hydrogen) atoms. The molecule has 0 amide bonds. The van der Waals surface area contributed by atoms with E-state index in [2.05, 4.69) is 6.58 Å². The molecule has 0 saturated heterocycles. The predicted octanol–water partition coefficient (Wildman–Crippen LogP) is -13.9. The zero-order chi connectivity index (χ0) is 20.3. The topological polar surface area (TPSA) is 256 Å². The van der Waals surface area contributed by atoms with Gasteiger partial charge in [0.05, 0.1) is 5.76 Å². The summed E-state index contributed by atoms with van der Waals surface area (Å²) in [7, 11) is -8.55. The minimum atomic E-state index is -4.27. The van der Waals surface area contributed by atoms with Crippen LogP contribution in [0, 0.1) is 0 Å². The number of carboxylic acids is 2. The second-order valence-corrected chi connectivity index (χ2v) is 7.12. The standard InChI is InChI=1S/2C3H7NO5S.C3H6O.4Na.4H/c2*4-2(3(5)6)1-10(7,8)9;1-3(2)4;;;;;;;;/h2*2H,1,4H2,(H,5,6)(H,7,8,9);4H,1H2,2H3;;;;;;;;/q;;;4*+1;4*-1. The molecular weight excluding hydrogens is 468 g/mol. The summed E-state index contributed by atoms with van der Waals surface area (Å²) < 4.78 is 56.0. The van der Waals surface area contributed by atoms with E-state index in [4.69, 9.17) is 35.9 Å². The van der Waals surface area contributed by atoms with Crippen LogP contribution in [0.1, 0.15) is 12.6 Å². The van der Waals surface area contributed by atoms with Crippen LogP contribution in [0.2, 0.25) is 0 Å². The first-order valence-electron chi connectivity index (χ1n) is 5.60. The van der Waals surface area contributed by atoms with Crippen LogP contribution in [0.5, 0.6) is 0 Å². The number of hydrogen-bond donors (Lipinski definition) is 7. The number of carboxylic acid groups (broad SMARTS) is 2. The van der Waals surface area contributed by atoms with Crippen LogP contribution in [-0.2, 0) is 29.8 Å². The number of nitrogens with two attached hydrogens (primary N) is 2. The summed E-state index contributed by atoms with van der Waals surface area (Å²) in [5, 5.41) is 24.0. The van der Waals surface area contributed by atoms with Gasteiger partial charge in [0.25, 0.3) is 20.2 Å². The van der Waals surface area contributed by atoms with Crippen molar-refractivity contribution in [1.29, 1.82) is 0 Å². The van der Waals surface area contributed by atoms with E-state index in [1.165, 1.54) is 6.92 Å². The average Bonchev–Trinajstić information content (AvgIpc) is 2.23. The number of carbonyl (C=O) groups is 2. The Morgan fingerprint density at radius 3 is 1.00 bits per heavy atom. The summed E-state index contributed by atoms with van der Waals surface area (Å²) >= 11 is 0. The molecule has 0 heterocycles.